The van der Waals surface area contributed by atoms with Crippen molar-refractivity contribution in [1.29, 1.82) is 0 Å². The van der Waals surface area contributed by atoms with E-state index in [1.165, 1.54) is 5.56 Å². The summed E-state index contributed by atoms with van der Waals surface area (Å²) in [5.41, 5.74) is 1.45. The van der Waals surface area contributed by atoms with Crippen molar-refractivity contribution in [2.24, 2.45) is 0 Å². The molecule has 13 heavy (non-hydrogen) atoms. The van der Waals surface area contributed by atoms with E-state index in [1.54, 1.807) is 11.3 Å². The molecule has 76 valence electrons. The Morgan fingerprint density at radius 1 is 1.46 bits per heavy atom. The molecule has 0 bridgehead atoms. The highest BCUT2D eigenvalue weighted by molar-refractivity contribution is 14.1. The van der Waals surface area contributed by atoms with E-state index in [-0.39, 0.29) is 0 Å². The van der Waals surface area contributed by atoms with Crippen LogP contribution in [0.3, 0.4) is 0 Å². The number of thiophene rings is 1. The van der Waals surface area contributed by atoms with Gasteiger partial charge in [-0.05, 0) is 42.9 Å². The number of alkyl halides is 1. The first-order valence-corrected chi connectivity index (χ1v) is 6.70. The molecule has 1 heterocycles. The molecule has 0 unspecified atom stereocenters. The van der Waals surface area contributed by atoms with Gasteiger partial charge in [0.25, 0.3) is 0 Å². The van der Waals surface area contributed by atoms with Gasteiger partial charge in [-0.2, -0.15) is 11.3 Å². The zero-order valence-electron chi connectivity index (χ0n) is 8.75. The van der Waals surface area contributed by atoms with Gasteiger partial charge in [0.1, 0.15) is 0 Å². The van der Waals surface area contributed by atoms with Gasteiger partial charge >= 0.3 is 0 Å². The maximum absolute atomic E-state index is 2.46. The van der Waals surface area contributed by atoms with Gasteiger partial charge in [0.15, 0.2) is 0 Å². The van der Waals surface area contributed by atoms with E-state index in [2.05, 4.69) is 58.4 Å². The van der Waals surface area contributed by atoms with Crippen LogP contribution in [-0.4, -0.2) is 23.0 Å². The fourth-order valence-electron chi connectivity index (χ4n) is 0.786. The minimum atomic E-state index is 0.613. The summed E-state index contributed by atoms with van der Waals surface area (Å²) < 4.78 is 0.613. The number of likely N-dealkylation sites (N-methyl/N-ethyl adjacent to an activating group) is 1. The maximum Gasteiger partial charge on any atom is 0.0654 e. The summed E-state index contributed by atoms with van der Waals surface area (Å²) in [6.07, 6.45) is 1.15. The summed E-state index contributed by atoms with van der Waals surface area (Å²) in [5, 5.41) is 4.35. The normalized spacial score (nSPS) is 12.2. The Balaban J connectivity index is 0.000000671. The van der Waals surface area contributed by atoms with Gasteiger partial charge < -0.3 is 0 Å². The largest absolute Gasteiger partial charge is 0.298 e. The molecule has 0 amide bonds. The van der Waals surface area contributed by atoms with E-state index in [0.717, 1.165) is 6.42 Å². The Labute approximate surface area is 99.3 Å². The lowest BCUT2D eigenvalue weighted by atomic mass is 10.2. The second-order valence-electron chi connectivity index (χ2n) is 2.73. The Bertz CT molecular complexity index is 197. The summed E-state index contributed by atoms with van der Waals surface area (Å²) in [5.74, 6) is 0. The molecule has 0 aromatic carbocycles. The maximum atomic E-state index is 2.46. The van der Waals surface area contributed by atoms with E-state index in [0.29, 0.717) is 4.05 Å². The third-order valence-electron chi connectivity index (χ3n) is 1.54. The van der Waals surface area contributed by atoms with Crippen molar-refractivity contribution >= 4 is 33.9 Å². The topological polar surface area (TPSA) is 3.24 Å². The zero-order valence-corrected chi connectivity index (χ0v) is 11.7. The van der Waals surface area contributed by atoms with Gasteiger partial charge in [-0.3, -0.25) is 4.90 Å². The van der Waals surface area contributed by atoms with Crippen molar-refractivity contribution in [1.82, 2.24) is 4.90 Å². The quantitative estimate of drug-likeness (QED) is 0.468. The van der Waals surface area contributed by atoms with Crippen LogP contribution in [0.15, 0.2) is 16.8 Å². The number of halogens is 1. The average Bonchev–Trinajstić information content (AvgIpc) is 2.60. The molecule has 0 aliphatic heterocycles. The molecule has 1 atom stereocenters. The molecule has 1 rings (SSSR count). The SMILES string of the molecule is CC.CN(C)[C@H](I)Cc1ccsc1. The summed E-state index contributed by atoms with van der Waals surface area (Å²) in [7, 11) is 4.23. The first-order chi connectivity index (χ1) is 6.20. The second kappa shape index (κ2) is 7.76. The molecule has 0 aliphatic carbocycles. The smallest absolute Gasteiger partial charge is 0.0654 e. The van der Waals surface area contributed by atoms with Gasteiger partial charge in [0.2, 0.25) is 0 Å². The Morgan fingerprint density at radius 2 is 2.08 bits per heavy atom. The highest BCUT2D eigenvalue weighted by Crippen LogP contribution is 2.14. The molecular formula is C10H18INS. The van der Waals surface area contributed by atoms with E-state index in [9.17, 15) is 0 Å². The third kappa shape index (κ3) is 5.65. The Hall–Kier alpha value is 0.390. The summed E-state index contributed by atoms with van der Waals surface area (Å²) in [6.45, 7) is 4.00. The lowest BCUT2D eigenvalue weighted by molar-refractivity contribution is 0.396. The van der Waals surface area contributed by atoms with Crippen molar-refractivity contribution in [3.05, 3.63) is 22.4 Å². The van der Waals surface area contributed by atoms with Gasteiger partial charge in [0.05, 0.1) is 4.05 Å². The predicted molar refractivity (Wildman–Crippen MR) is 70.9 cm³/mol. The van der Waals surface area contributed by atoms with Crippen molar-refractivity contribution in [2.45, 2.75) is 24.3 Å². The van der Waals surface area contributed by atoms with Crippen LogP contribution in [0.25, 0.3) is 0 Å². The predicted octanol–water partition coefficient (Wildman–Crippen LogP) is 3.64. The van der Waals surface area contributed by atoms with Crippen LogP contribution in [0, 0.1) is 0 Å². The fraction of sp³-hybridized carbons (Fsp3) is 0.600. The minimum absolute atomic E-state index is 0.613. The van der Waals surface area contributed by atoms with Crippen LogP contribution >= 0.6 is 33.9 Å². The number of rotatable bonds is 3. The van der Waals surface area contributed by atoms with Gasteiger partial charge in [0, 0.05) is 0 Å². The highest BCUT2D eigenvalue weighted by Gasteiger charge is 2.06. The first kappa shape index (κ1) is 13.4. The van der Waals surface area contributed by atoms with E-state index in [1.807, 2.05) is 13.8 Å². The van der Waals surface area contributed by atoms with Crippen LogP contribution in [0.4, 0.5) is 0 Å². The van der Waals surface area contributed by atoms with Crippen LogP contribution in [0.1, 0.15) is 19.4 Å². The monoisotopic (exact) mass is 311 g/mol. The van der Waals surface area contributed by atoms with Crippen molar-refractivity contribution in [2.75, 3.05) is 14.1 Å². The lowest BCUT2D eigenvalue weighted by Gasteiger charge is -2.16. The molecular weight excluding hydrogens is 293 g/mol. The summed E-state index contributed by atoms with van der Waals surface area (Å²) in [6, 6.07) is 2.19. The minimum Gasteiger partial charge on any atom is -0.298 e. The average molecular weight is 311 g/mol. The van der Waals surface area contributed by atoms with Crippen LogP contribution in [0.2, 0.25) is 0 Å². The first-order valence-electron chi connectivity index (χ1n) is 4.51. The van der Waals surface area contributed by atoms with Crippen LogP contribution in [0.5, 0.6) is 0 Å². The Kier molecular flexibility index (Phi) is 8.00. The molecule has 0 saturated heterocycles. The highest BCUT2D eigenvalue weighted by atomic mass is 127. The molecule has 1 aromatic rings. The van der Waals surface area contributed by atoms with Gasteiger partial charge in [-0.15, -0.1) is 0 Å². The molecule has 0 aliphatic rings. The third-order valence-corrected chi connectivity index (χ3v) is 3.83. The van der Waals surface area contributed by atoms with Gasteiger partial charge in [-0.1, -0.05) is 36.4 Å². The van der Waals surface area contributed by atoms with E-state index < -0.39 is 0 Å². The summed E-state index contributed by atoms with van der Waals surface area (Å²) in [4.78, 5) is 2.23. The Morgan fingerprint density at radius 3 is 2.46 bits per heavy atom. The molecule has 3 heteroatoms. The molecule has 0 spiro atoms. The molecule has 0 saturated carbocycles. The number of nitrogens with zero attached hydrogens (tertiary/aromatic N) is 1. The van der Waals surface area contributed by atoms with Crippen molar-refractivity contribution in [3.8, 4) is 0 Å². The van der Waals surface area contributed by atoms with Crippen LogP contribution < -0.4 is 0 Å². The fourth-order valence-corrected chi connectivity index (χ4v) is 1.98. The number of hydrogen-bond acceptors (Lipinski definition) is 2. The molecule has 1 nitrogen and oxygen atoms in total. The summed E-state index contributed by atoms with van der Waals surface area (Å²) >= 11 is 4.23. The van der Waals surface area contributed by atoms with E-state index >= 15 is 0 Å². The van der Waals surface area contributed by atoms with Crippen molar-refractivity contribution in [3.63, 3.8) is 0 Å². The second-order valence-corrected chi connectivity index (χ2v) is 4.95. The molecule has 0 fully saturated rings. The lowest BCUT2D eigenvalue weighted by Crippen LogP contribution is -2.23. The molecule has 1 aromatic heterocycles. The standard InChI is InChI=1S/C8H12INS.C2H6/c1-10(2)8(9)5-7-3-4-11-6-7;1-2/h3-4,6,8H,5H2,1-2H3;1-2H3/t8-;/m0./s1. The van der Waals surface area contributed by atoms with Crippen molar-refractivity contribution < 1.29 is 0 Å². The van der Waals surface area contributed by atoms with Gasteiger partial charge in [-0.25, -0.2) is 0 Å². The molecule has 0 radical (unpaired) electrons. The molecule has 0 N–H and O–H groups in total. The van der Waals surface area contributed by atoms with Crippen LogP contribution in [-0.2, 0) is 6.42 Å². The number of hydrogen-bond donors (Lipinski definition) is 0. The zero-order chi connectivity index (χ0) is 10.3. The van der Waals surface area contributed by atoms with E-state index in [4.69, 9.17) is 0 Å².